The van der Waals surface area contributed by atoms with E-state index in [1.165, 1.54) is 7.11 Å². The molecule has 0 radical (unpaired) electrons. The smallest absolute Gasteiger partial charge is 0.392 e. The fraction of sp³-hybridized carbons (Fsp3) is 0.231. The Hall–Kier alpha value is -2.74. The zero-order valence-electron chi connectivity index (χ0n) is 11.6. The second-order valence-electron chi connectivity index (χ2n) is 4.03. The second-order valence-corrected chi connectivity index (χ2v) is 4.03. The van der Waals surface area contributed by atoms with Crippen LogP contribution in [-0.4, -0.2) is 29.0 Å². The summed E-state index contributed by atoms with van der Waals surface area (Å²) in [4.78, 5) is 18.1. The topological polar surface area (TPSA) is 99.4 Å². The highest BCUT2D eigenvalue weighted by atomic mass is 16.6. The van der Waals surface area contributed by atoms with Crippen LogP contribution in [0.5, 0.6) is 17.5 Å². The molecule has 1 aromatic carbocycles. The Balaban J connectivity index is 2.42. The van der Waals surface area contributed by atoms with Gasteiger partial charge in [-0.3, -0.25) is 10.1 Å². The first kappa shape index (κ1) is 14.7. The Bertz CT molecular complexity index is 648. The molecule has 0 atom stereocenters. The standard InChI is InChI=1S/C13H14N4O4/c1-14-7-9-5-3-4-6-10(9)21-13-11(17(18)19)12(20-2)15-8-16-13/h3-6,8,14H,7H2,1-2H3. The first-order valence-electron chi connectivity index (χ1n) is 6.11. The minimum absolute atomic E-state index is 0.143. The molecule has 0 aliphatic rings. The molecule has 0 spiro atoms. The van der Waals surface area contributed by atoms with Crippen molar-refractivity contribution in [3.8, 4) is 17.5 Å². The average Bonchev–Trinajstić information content (AvgIpc) is 2.49. The van der Waals surface area contributed by atoms with Gasteiger partial charge < -0.3 is 14.8 Å². The van der Waals surface area contributed by atoms with Crippen LogP contribution in [0, 0.1) is 10.1 Å². The predicted molar refractivity (Wildman–Crippen MR) is 74.5 cm³/mol. The van der Waals surface area contributed by atoms with E-state index in [9.17, 15) is 10.1 Å². The molecule has 21 heavy (non-hydrogen) atoms. The van der Waals surface area contributed by atoms with E-state index in [1.54, 1.807) is 19.2 Å². The largest absolute Gasteiger partial charge is 0.476 e. The Morgan fingerprint density at radius 1 is 1.29 bits per heavy atom. The van der Waals surface area contributed by atoms with Gasteiger partial charge in [0.05, 0.1) is 12.0 Å². The van der Waals surface area contributed by atoms with E-state index in [0.29, 0.717) is 12.3 Å². The Morgan fingerprint density at radius 2 is 2.00 bits per heavy atom. The molecule has 110 valence electrons. The molecule has 0 bridgehead atoms. The number of benzene rings is 1. The van der Waals surface area contributed by atoms with Gasteiger partial charge in [-0.15, -0.1) is 0 Å². The van der Waals surface area contributed by atoms with Crippen molar-refractivity contribution < 1.29 is 14.4 Å². The zero-order valence-corrected chi connectivity index (χ0v) is 11.6. The van der Waals surface area contributed by atoms with Gasteiger partial charge in [0.2, 0.25) is 0 Å². The summed E-state index contributed by atoms with van der Waals surface area (Å²) in [5.41, 5.74) is 0.450. The summed E-state index contributed by atoms with van der Waals surface area (Å²) in [5.74, 6) is 0.183. The molecule has 0 amide bonds. The summed E-state index contributed by atoms with van der Waals surface area (Å²) in [6, 6.07) is 7.20. The SMILES string of the molecule is CNCc1ccccc1Oc1ncnc(OC)c1[N+](=O)[O-]. The van der Waals surface area contributed by atoms with Crippen LogP contribution in [0.3, 0.4) is 0 Å². The molecule has 2 aromatic rings. The lowest BCUT2D eigenvalue weighted by atomic mass is 10.2. The summed E-state index contributed by atoms with van der Waals surface area (Å²) in [6.45, 7) is 0.562. The van der Waals surface area contributed by atoms with Crippen LogP contribution < -0.4 is 14.8 Å². The van der Waals surface area contributed by atoms with Gasteiger partial charge >= 0.3 is 17.4 Å². The number of methoxy groups -OCH3 is 1. The lowest BCUT2D eigenvalue weighted by molar-refractivity contribution is -0.387. The number of nitro groups is 1. The normalized spacial score (nSPS) is 10.2. The molecule has 0 fully saturated rings. The van der Waals surface area contributed by atoms with Crippen LogP contribution in [0.4, 0.5) is 5.69 Å². The van der Waals surface area contributed by atoms with Gasteiger partial charge in [0.25, 0.3) is 0 Å². The zero-order chi connectivity index (χ0) is 15.2. The monoisotopic (exact) mass is 290 g/mol. The fourth-order valence-corrected chi connectivity index (χ4v) is 1.77. The van der Waals surface area contributed by atoms with E-state index in [1.807, 2.05) is 12.1 Å². The summed E-state index contributed by atoms with van der Waals surface area (Å²) in [6.07, 6.45) is 1.15. The van der Waals surface area contributed by atoms with E-state index in [-0.39, 0.29) is 11.8 Å². The van der Waals surface area contributed by atoms with Gasteiger partial charge in [0, 0.05) is 12.1 Å². The maximum Gasteiger partial charge on any atom is 0.392 e. The van der Waals surface area contributed by atoms with Gasteiger partial charge in [0.15, 0.2) is 0 Å². The first-order valence-corrected chi connectivity index (χ1v) is 6.11. The molecule has 0 aliphatic carbocycles. The van der Waals surface area contributed by atoms with Gasteiger partial charge in [-0.25, -0.2) is 0 Å². The molecule has 1 heterocycles. The number of aromatic nitrogens is 2. The molecule has 0 unspecified atom stereocenters. The molecule has 1 N–H and O–H groups in total. The number of hydrogen-bond acceptors (Lipinski definition) is 7. The van der Waals surface area contributed by atoms with Crippen molar-refractivity contribution in [1.82, 2.24) is 15.3 Å². The van der Waals surface area contributed by atoms with Crippen molar-refractivity contribution in [1.29, 1.82) is 0 Å². The molecule has 0 saturated carbocycles. The highest BCUT2D eigenvalue weighted by molar-refractivity contribution is 5.51. The predicted octanol–water partition coefficient (Wildman–Crippen LogP) is 1.91. The third-order valence-corrected chi connectivity index (χ3v) is 2.68. The third kappa shape index (κ3) is 3.23. The van der Waals surface area contributed by atoms with Gasteiger partial charge in [-0.2, -0.15) is 9.97 Å². The van der Waals surface area contributed by atoms with Crippen molar-refractivity contribution in [3.05, 3.63) is 46.3 Å². The summed E-state index contributed by atoms with van der Waals surface area (Å²) in [5, 5.41) is 14.2. The van der Waals surface area contributed by atoms with Crippen LogP contribution in [0.1, 0.15) is 5.56 Å². The number of nitrogens with zero attached hydrogens (tertiary/aromatic N) is 3. The van der Waals surface area contributed by atoms with E-state index in [0.717, 1.165) is 11.9 Å². The van der Waals surface area contributed by atoms with Gasteiger partial charge in [0.1, 0.15) is 12.1 Å². The summed E-state index contributed by atoms with van der Waals surface area (Å²) in [7, 11) is 3.10. The Kier molecular flexibility index (Phi) is 4.62. The molecule has 0 saturated heterocycles. The van der Waals surface area contributed by atoms with E-state index >= 15 is 0 Å². The van der Waals surface area contributed by atoms with Gasteiger partial charge in [-0.05, 0) is 13.1 Å². The van der Waals surface area contributed by atoms with E-state index in [4.69, 9.17) is 9.47 Å². The number of hydrogen-bond donors (Lipinski definition) is 1. The molecule has 0 aliphatic heterocycles. The van der Waals surface area contributed by atoms with Crippen molar-refractivity contribution in [2.75, 3.05) is 14.2 Å². The molecular weight excluding hydrogens is 276 g/mol. The van der Waals surface area contributed by atoms with Crippen molar-refractivity contribution in [3.63, 3.8) is 0 Å². The molecule has 2 rings (SSSR count). The molecule has 8 heteroatoms. The third-order valence-electron chi connectivity index (χ3n) is 2.68. The van der Waals surface area contributed by atoms with Crippen LogP contribution in [0.15, 0.2) is 30.6 Å². The lowest BCUT2D eigenvalue weighted by Gasteiger charge is -2.10. The van der Waals surface area contributed by atoms with E-state index in [2.05, 4.69) is 15.3 Å². The fourth-order valence-electron chi connectivity index (χ4n) is 1.77. The number of ether oxygens (including phenoxy) is 2. The number of para-hydroxylation sites is 1. The maximum atomic E-state index is 11.2. The van der Waals surface area contributed by atoms with Crippen LogP contribution >= 0.6 is 0 Å². The van der Waals surface area contributed by atoms with Crippen LogP contribution in [-0.2, 0) is 6.54 Å². The highest BCUT2D eigenvalue weighted by Gasteiger charge is 2.26. The lowest BCUT2D eigenvalue weighted by Crippen LogP contribution is -2.07. The number of rotatable bonds is 6. The minimum Gasteiger partial charge on any atom is -0.476 e. The molecule has 8 nitrogen and oxygen atoms in total. The van der Waals surface area contributed by atoms with Crippen molar-refractivity contribution >= 4 is 5.69 Å². The first-order chi connectivity index (χ1) is 10.2. The highest BCUT2D eigenvalue weighted by Crippen LogP contribution is 2.36. The van der Waals surface area contributed by atoms with Crippen LogP contribution in [0.2, 0.25) is 0 Å². The minimum atomic E-state index is -0.630. The summed E-state index contributed by atoms with van der Waals surface area (Å²) < 4.78 is 10.5. The Labute approximate surface area is 120 Å². The Morgan fingerprint density at radius 3 is 2.67 bits per heavy atom. The quantitative estimate of drug-likeness (QED) is 0.640. The summed E-state index contributed by atoms with van der Waals surface area (Å²) >= 11 is 0. The van der Waals surface area contributed by atoms with Crippen molar-refractivity contribution in [2.45, 2.75) is 6.54 Å². The maximum absolute atomic E-state index is 11.2. The molecular formula is C13H14N4O4. The van der Waals surface area contributed by atoms with E-state index < -0.39 is 10.6 Å². The van der Waals surface area contributed by atoms with Gasteiger partial charge in [-0.1, -0.05) is 18.2 Å². The van der Waals surface area contributed by atoms with Crippen LogP contribution in [0.25, 0.3) is 0 Å². The molecule has 1 aromatic heterocycles. The number of nitrogens with one attached hydrogen (secondary N) is 1. The average molecular weight is 290 g/mol. The van der Waals surface area contributed by atoms with Crippen molar-refractivity contribution in [2.24, 2.45) is 0 Å². The second kappa shape index (κ2) is 6.62.